The molecule has 0 bridgehead atoms. The van der Waals surface area contributed by atoms with Crippen molar-refractivity contribution in [2.45, 2.75) is 114 Å². The summed E-state index contributed by atoms with van der Waals surface area (Å²) in [6.07, 6.45) is 26.6. The van der Waals surface area contributed by atoms with Crippen LogP contribution in [0.15, 0.2) is 54.6 Å². The number of hydrogen-bond donors (Lipinski definition) is 2. The van der Waals surface area contributed by atoms with E-state index in [2.05, 4.69) is 42.5 Å². The van der Waals surface area contributed by atoms with Crippen LogP contribution >= 0.6 is 0 Å². The Morgan fingerprint density at radius 1 is 0.800 bits per heavy atom. The maximum atomic E-state index is 10.5. The van der Waals surface area contributed by atoms with Gasteiger partial charge in [0.1, 0.15) is 0 Å². The Labute approximate surface area is 185 Å². The lowest BCUT2D eigenvalue weighted by Crippen LogP contribution is -2.34. The smallest absolute Gasteiger partial charge is 0.0748 e. The first kappa shape index (κ1) is 24.9. The maximum Gasteiger partial charge on any atom is 0.0748 e. The highest BCUT2D eigenvalue weighted by Crippen LogP contribution is 2.29. The van der Waals surface area contributed by atoms with Gasteiger partial charge in [0.25, 0.3) is 0 Å². The number of allylic oxidation sites excluding steroid dienone is 2. The second kappa shape index (κ2) is 15.4. The highest BCUT2D eigenvalue weighted by molar-refractivity contribution is 5.14. The molecule has 1 aliphatic carbocycles. The van der Waals surface area contributed by atoms with E-state index in [1.807, 2.05) is 6.08 Å². The van der Waals surface area contributed by atoms with E-state index in [0.29, 0.717) is 12.8 Å². The quantitative estimate of drug-likeness (QED) is 0.221. The summed E-state index contributed by atoms with van der Waals surface area (Å²) < 4.78 is 0. The Morgan fingerprint density at radius 2 is 1.40 bits per heavy atom. The van der Waals surface area contributed by atoms with E-state index >= 15 is 0 Å². The molecule has 2 unspecified atom stereocenters. The summed E-state index contributed by atoms with van der Waals surface area (Å²) in [6.45, 7) is 0. The van der Waals surface area contributed by atoms with Crippen LogP contribution < -0.4 is 0 Å². The van der Waals surface area contributed by atoms with Crippen molar-refractivity contribution in [2.24, 2.45) is 0 Å². The van der Waals surface area contributed by atoms with Crippen molar-refractivity contribution in [3.8, 4) is 0 Å². The van der Waals surface area contributed by atoms with Gasteiger partial charge >= 0.3 is 0 Å². The van der Waals surface area contributed by atoms with Crippen LogP contribution in [0.25, 0.3) is 0 Å². The Kier molecular flexibility index (Phi) is 12.8. The SMILES string of the molecule is OC1C=CCC(O)(CCCCCCCCCCCC=CCCCc2ccccc2)C1. The lowest BCUT2D eigenvalue weighted by Gasteiger charge is -2.31. The van der Waals surface area contributed by atoms with Crippen LogP contribution in [0.4, 0.5) is 0 Å². The van der Waals surface area contributed by atoms with Crippen LogP contribution in [-0.2, 0) is 6.42 Å². The molecule has 1 aromatic carbocycles. The van der Waals surface area contributed by atoms with Gasteiger partial charge in [0, 0.05) is 6.42 Å². The van der Waals surface area contributed by atoms with Crippen LogP contribution in [0.3, 0.4) is 0 Å². The van der Waals surface area contributed by atoms with Crippen LogP contribution in [-0.4, -0.2) is 21.9 Å². The third-order valence-corrected chi connectivity index (χ3v) is 6.30. The molecule has 0 heterocycles. The molecule has 2 heteroatoms. The molecule has 30 heavy (non-hydrogen) atoms. The molecule has 1 aromatic rings. The van der Waals surface area contributed by atoms with Crippen molar-refractivity contribution < 1.29 is 10.2 Å². The summed E-state index contributed by atoms with van der Waals surface area (Å²) in [6, 6.07) is 10.8. The largest absolute Gasteiger partial charge is 0.389 e. The number of aryl methyl sites for hydroxylation is 1. The Hall–Kier alpha value is -1.38. The second-order valence-corrected chi connectivity index (χ2v) is 9.20. The zero-order chi connectivity index (χ0) is 21.3. The minimum Gasteiger partial charge on any atom is -0.389 e. The number of benzene rings is 1. The topological polar surface area (TPSA) is 40.5 Å². The van der Waals surface area contributed by atoms with E-state index in [-0.39, 0.29) is 0 Å². The van der Waals surface area contributed by atoms with E-state index in [4.69, 9.17) is 0 Å². The molecule has 168 valence electrons. The first-order valence-electron chi connectivity index (χ1n) is 12.4. The molecule has 0 aliphatic heterocycles. The molecule has 2 N–H and O–H groups in total. The minimum atomic E-state index is -0.662. The van der Waals surface area contributed by atoms with Gasteiger partial charge < -0.3 is 10.2 Å². The zero-order valence-electron chi connectivity index (χ0n) is 19.0. The summed E-state index contributed by atoms with van der Waals surface area (Å²) in [4.78, 5) is 0. The normalized spacial score (nSPS) is 21.5. The molecule has 2 nitrogen and oxygen atoms in total. The van der Waals surface area contributed by atoms with Gasteiger partial charge in [0.15, 0.2) is 0 Å². The van der Waals surface area contributed by atoms with E-state index < -0.39 is 11.7 Å². The van der Waals surface area contributed by atoms with Gasteiger partial charge in [-0.05, 0) is 50.5 Å². The molecule has 0 saturated carbocycles. The molecule has 2 rings (SSSR count). The molecule has 1 aliphatic rings. The summed E-state index contributed by atoms with van der Waals surface area (Å²) in [5.74, 6) is 0. The average Bonchev–Trinajstić information content (AvgIpc) is 2.74. The number of aliphatic hydroxyl groups excluding tert-OH is 1. The van der Waals surface area contributed by atoms with Gasteiger partial charge in [-0.15, -0.1) is 0 Å². The molecule has 0 aromatic heterocycles. The zero-order valence-corrected chi connectivity index (χ0v) is 19.0. The Morgan fingerprint density at radius 3 is 2.07 bits per heavy atom. The molecule has 0 spiro atoms. The number of rotatable bonds is 16. The Balaban J connectivity index is 1.31. The van der Waals surface area contributed by atoms with Crippen molar-refractivity contribution in [1.29, 1.82) is 0 Å². The van der Waals surface area contributed by atoms with Crippen molar-refractivity contribution in [2.75, 3.05) is 0 Å². The average molecular weight is 413 g/mol. The first-order chi connectivity index (χ1) is 14.7. The van der Waals surface area contributed by atoms with Gasteiger partial charge in [-0.25, -0.2) is 0 Å². The number of hydrogen-bond acceptors (Lipinski definition) is 2. The van der Waals surface area contributed by atoms with Gasteiger partial charge in [-0.3, -0.25) is 0 Å². The van der Waals surface area contributed by atoms with Gasteiger partial charge in [0.2, 0.25) is 0 Å². The van der Waals surface area contributed by atoms with Gasteiger partial charge in [-0.2, -0.15) is 0 Å². The monoisotopic (exact) mass is 412 g/mol. The molecule has 2 atom stereocenters. The third-order valence-electron chi connectivity index (χ3n) is 6.30. The van der Waals surface area contributed by atoms with Crippen LogP contribution in [0.1, 0.15) is 102 Å². The van der Waals surface area contributed by atoms with Gasteiger partial charge in [0.05, 0.1) is 11.7 Å². The first-order valence-corrected chi connectivity index (χ1v) is 12.4. The highest BCUT2D eigenvalue weighted by atomic mass is 16.3. The minimum absolute atomic E-state index is 0.459. The van der Waals surface area contributed by atoms with Crippen molar-refractivity contribution in [1.82, 2.24) is 0 Å². The van der Waals surface area contributed by atoms with Crippen molar-refractivity contribution in [3.63, 3.8) is 0 Å². The number of aliphatic hydroxyl groups is 2. The summed E-state index contributed by atoms with van der Waals surface area (Å²) in [7, 11) is 0. The number of unbranched alkanes of at least 4 members (excludes halogenated alkanes) is 10. The summed E-state index contributed by atoms with van der Waals surface area (Å²) in [5.41, 5.74) is 0.787. The summed E-state index contributed by atoms with van der Waals surface area (Å²) >= 11 is 0. The van der Waals surface area contributed by atoms with Gasteiger partial charge in [-0.1, -0.05) is 106 Å². The molecule has 0 saturated heterocycles. The predicted molar refractivity (Wildman–Crippen MR) is 129 cm³/mol. The van der Waals surface area contributed by atoms with Crippen molar-refractivity contribution >= 4 is 0 Å². The van der Waals surface area contributed by atoms with E-state index in [1.165, 1.54) is 82.6 Å². The van der Waals surface area contributed by atoms with Crippen LogP contribution in [0.2, 0.25) is 0 Å². The van der Waals surface area contributed by atoms with Crippen LogP contribution in [0.5, 0.6) is 0 Å². The lowest BCUT2D eigenvalue weighted by molar-refractivity contribution is -0.0125. The third kappa shape index (κ3) is 11.7. The fraction of sp³-hybridized carbons (Fsp3) is 0.643. The predicted octanol–water partition coefficient (Wildman–Crippen LogP) is 7.30. The molecule has 0 radical (unpaired) electrons. The Bertz CT molecular complexity index is 592. The molecule has 0 fully saturated rings. The van der Waals surface area contributed by atoms with Crippen LogP contribution in [0, 0.1) is 0 Å². The maximum absolute atomic E-state index is 10.5. The fourth-order valence-electron chi connectivity index (χ4n) is 4.45. The summed E-state index contributed by atoms with van der Waals surface area (Å²) in [5, 5.41) is 20.1. The second-order valence-electron chi connectivity index (χ2n) is 9.20. The molecular formula is C28H44O2. The molecular weight excluding hydrogens is 368 g/mol. The van der Waals surface area contributed by atoms with Crippen molar-refractivity contribution in [3.05, 3.63) is 60.2 Å². The fourth-order valence-corrected chi connectivity index (χ4v) is 4.45. The van der Waals surface area contributed by atoms with E-state index in [9.17, 15) is 10.2 Å². The standard InChI is InChI=1S/C28H44O2/c29-27-22-18-24-28(30,25-27)23-17-12-10-8-6-4-2-1-3-5-7-9-11-14-19-26-20-15-13-16-21-26/h7,9,13,15-16,18,20-22,27,29-30H,1-6,8,10-12,14,17,19,23-25H2. The van der Waals surface area contributed by atoms with E-state index in [1.54, 1.807) is 6.08 Å². The highest BCUT2D eigenvalue weighted by Gasteiger charge is 2.29. The van der Waals surface area contributed by atoms with E-state index in [0.717, 1.165) is 12.8 Å². The molecule has 0 amide bonds. The lowest BCUT2D eigenvalue weighted by atomic mass is 9.83.